The van der Waals surface area contributed by atoms with Crippen molar-refractivity contribution in [2.45, 2.75) is 38.6 Å². The van der Waals surface area contributed by atoms with E-state index in [-0.39, 0.29) is 5.97 Å². The summed E-state index contributed by atoms with van der Waals surface area (Å²) in [6, 6.07) is 0.394. The van der Waals surface area contributed by atoms with Crippen LogP contribution in [0.15, 0.2) is 12.5 Å². The first-order chi connectivity index (χ1) is 8.74. The van der Waals surface area contributed by atoms with Gasteiger partial charge in [-0.3, -0.25) is 0 Å². The number of ether oxygens (including phenoxy) is 1. The van der Waals surface area contributed by atoms with E-state index in [1.807, 2.05) is 0 Å². The van der Waals surface area contributed by atoms with Gasteiger partial charge in [-0.15, -0.1) is 0 Å². The molecule has 0 amide bonds. The summed E-state index contributed by atoms with van der Waals surface area (Å²) in [4.78, 5) is 22.1. The lowest BCUT2D eigenvalue weighted by Gasteiger charge is -2.29. The van der Waals surface area contributed by atoms with E-state index in [9.17, 15) is 4.79 Å². The molecular formula is C13H19N3O2. The Bertz CT molecular complexity index is 422. The van der Waals surface area contributed by atoms with Crippen LogP contribution in [0, 0.1) is 0 Å². The minimum atomic E-state index is -0.373. The number of aromatic nitrogens is 2. The summed E-state index contributed by atoms with van der Waals surface area (Å²) in [5.74, 6) is 0.327. The van der Waals surface area contributed by atoms with Crippen molar-refractivity contribution in [3.8, 4) is 0 Å². The Balaban J connectivity index is 2.33. The molecule has 0 radical (unpaired) electrons. The third kappa shape index (κ3) is 2.60. The Morgan fingerprint density at radius 2 is 2.28 bits per heavy atom. The summed E-state index contributed by atoms with van der Waals surface area (Å²) in [7, 11) is 1.38. The minimum absolute atomic E-state index is 0.373. The zero-order valence-electron chi connectivity index (χ0n) is 10.9. The Labute approximate surface area is 107 Å². The van der Waals surface area contributed by atoms with Gasteiger partial charge in [-0.1, -0.05) is 12.8 Å². The molecule has 1 aromatic rings. The molecule has 2 heterocycles. The predicted octanol–water partition coefficient (Wildman–Crippen LogP) is 2.03. The highest BCUT2D eigenvalue weighted by atomic mass is 16.5. The molecular weight excluding hydrogens is 230 g/mol. The Morgan fingerprint density at radius 3 is 3.06 bits per heavy atom. The third-order valence-electron chi connectivity index (χ3n) is 3.42. The van der Waals surface area contributed by atoms with Gasteiger partial charge in [-0.05, 0) is 19.8 Å². The van der Waals surface area contributed by atoms with Crippen LogP contribution in [0.5, 0.6) is 0 Å². The third-order valence-corrected chi connectivity index (χ3v) is 3.42. The molecule has 1 unspecified atom stereocenters. The summed E-state index contributed by atoms with van der Waals surface area (Å²) in [6.07, 6.45) is 7.75. The van der Waals surface area contributed by atoms with Crippen molar-refractivity contribution in [1.82, 2.24) is 9.97 Å². The van der Waals surface area contributed by atoms with E-state index in [4.69, 9.17) is 4.74 Å². The van der Waals surface area contributed by atoms with Crippen LogP contribution in [0.25, 0.3) is 0 Å². The van der Waals surface area contributed by atoms with Gasteiger partial charge in [0.25, 0.3) is 0 Å². The van der Waals surface area contributed by atoms with Crippen LogP contribution in [0.2, 0.25) is 0 Å². The number of esters is 1. The average Bonchev–Trinajstić information content (AvgIpc) is 2.62. The maximum absolute atomic E-state index is 11.7. The molecule has 2 rings (SSSR count). The van der Waals surface area contributed by atoms with Crippen molar-refractivity contribution in [2.75, 3.05) is 18.6 Å². The van der Waals surface area contributed by atoms with Crippen molar-refractivity contribution < 1.29 is 9.53 Å². The molecule has 5 nitrogen and oxygen atoms in total. The molecule has 5 heteroatoms. The lowest BCUT2D eigenvalue weighted by Crippen LogP contribution is -2.34. The summed E-state index contributed by atoms with van der Waals surface area (Å²) in [5.41, 5.74) is 0.453. The van der Waals surface area contributed by atoms with E-state index in [0.29, 0.717) is 17.4 Å². The van der Waals surface area contributed by atoms with Crippen LogP contribution in [0.1, 0.15) is 43.0 Å². The topological polar surface area (TPSA) is 55.3 Å². The van der Waals surface area contributed by atoms with E-state index in [1.54, 1.807) is 0 Å². The van der Waals surface area contributed by atoms with Crippen LogP contribution in [0.3, 0.4) is 0 Å². The van der Waals surface area contributed by atoms with Crippen LogP contribution in [-0.4, -0.2) is 35.6 Å². The Hall–Kier alpha value is -1.65. The molecule has 1 aliphatic rings. The number of hydrogen-bond acceptors (Lipinski definition) is 5. The number of hydrogen-bond donors (Lipinski definition) is 0. The van der Waals surface area contributed by atoms with Crippen LogP contribution >= 0.6 is 0 Å². The van der Waals surface area contributed by atoms with Crippen molar-refractivity contribution in [2.24, 2.45) is 0 Å². The standard InChI is InChI=1S/C13H19N3O2/c1-10-6-4-3-5-7-16(10)12-11(13(17)18-2)8-14-9-15-12/h8-10H,3-7H2,1-2H3. The number of anilines is 1. The Kier molecular flexibility index (Phi) is 4.12. The van der Waals surface area contributed by atoms with E-state index >= 15 is 0 Å². The van der Waals surface area contributed by atoms with E-state index < -0.39 is 0 Å². The van der Waals surface area contributed by atoms with Crippen LogP contribution in [0.4, 0.5) is 5.82 Å². The summed E-state index contributed by atoms with van der Waals surface area (Å²) >= 11 is 0. The first-order valence-corrected chi connectivity index (χ1v) is 6.39. The zero-order chi connectivity index (χ0) is 13.0. The Morgan fingerprint density at radius 1 is 1.44 bits per heavy atom. The van der Waals surface area contributed by atoms with Gasteiger partial charge < -0.3 is 9.64 Å². The van der Waals surface area contributed by atoms with Crippen LogP contribution < -0.4 is 4.90 Å². The number of carbonyl (C=O) groups is 1. The van der Waals surface area contributed by atoms with Crippen molar-refractivity contribution >= 4 is 11.8 Å². The SMILES string of the molecule is COC(=O)c1cncnc1N1CCCCCC1C. The molecule has 18 heavy (non-hydrogen) atoms. The minimum Gasteiger partial charge on any atom is -0.465 e. The highest BCUT2D eigenvalue weighted by Crippen LogP contribution is 2.25. The van der Waals surface area contributed by atoms with Gasteiger partial charge in [0.15, 0.2) is 0 Å². The predicted molar refractivity (Wildman–Crippen MR) is 68.6 cm³/mol. The molecule has 1 atom stereocenters. The first-order valence-electron chi connectivity index (χ1n) is 6.39. The van der Waals surface area contributed by atoms with E-state index in [1.165, 1.54) is 32.5 Å². The fourth-order valence-corrected chi connectivity index (χ4v) is 2.40. The van der Waals surface area contributed by atoms with Gasteiger partial charge in [0.2, 0.25) is 0 Å². The molecule has 1 aliphatic heterocycles. The molecule has 0 N–H and O–H groups in total. The number of nitrogens with zero attached hydrogens (tertiary/aromatic N) is 3. The van der Waals surface area contributed by atoms with Crippen molar-refractivity contribution in [3.63, 3.8) is 0 Å². The number of rotatable bonds is 2. The van der Waals surface area contributed by atoms with E-state index in [2.05, 4.69) is 21.8 Å². The molecule has 0 aromatic carbocycles. The fraction of sp³-hybridized carbons (Fsp3) is 0.615. The van der Waals surface area contributed by atoms with Gasteiger partial charge in [0.05, 0.1) is 7.11 Å². The van der Waals surface area contributed by atoms with Gasteiger partial charge in [-0.2, -0.15) is 0 Å². The molecule has 0 bridgehead atoms. The fourth-order valence-electron chi connectivity index (χ4n) is 2.40. The number of methoxy groups -OCH3 is 1. The van der Waals surface area contributed by atoms with Crippen LogP contribution in [-0.2, 0) is 4.74 Å². The van der Waals surface area contributed by atoms with Gasteiger partial charge in [0, 0.05) is 18.8 Å². The van der Waals surface area contributed by atoms with Crippen molar-refractivity contribution in [1.29, 1.82) is 0 Å². The van der Waals surface area contributed by atoms with Crippen molar-refractivity contribution in [3.05, 3.63) is 18.1 Å². The average molecular weight is 249 g/mol. The molecule has 98 valence electrons. The summed E-state index contributed by atoms with van der Waals surface area (Å²) in [6.45, 7) is 3.11. The normalized spacial score (nSPS) is 20.3. The van der Waals surface area contributed by atoms with Gasteiger partial charge in [0.1, 0.15) is 17.7 Å². The van der Waals surface area contributed by atoms with Gasteiger partial charge >= 0.3 is 5.97 Å². The summed E-state index contributed by atoms with van der Waals surface area (Å²) in [5, 5.41) is 0. The lowest BCUT2D eigenvalue weighted by atomic mass is 10.1. The van der Waals surface area contributed by atoms with E-state index in [0.717, 1.165) is 19.4 Å². The molecule has 0 spiro atoms. The number of carbonyl (C=O) groups excluding carboxylic acids is 1. The second-order valence-electron chi connectivity index (χ2n) is 4.64. The zero-order valence-corrected chi connectivity index (χ0v) is 10.9. The van der Waals surface area contributed by atoms with Gasteiger partial charge in [-0.25, -0.2) is 14.8 Å². The summed E-state index contributed by atoms with van der Waals surface area (Å²) < 4.78 is 4.79. The largest absolute Gasteiger partial charge is 0.465 e. The quantitative estimate of drug-likeness (QED) is 0.751. The smallest absolute Gasteiger partial charge is 0.343 e. The molecule has 0 aliphatic carbocycles. The molecule has 1 saturated heterocycles. The second-order valence-corrected chi connectivity index (χ2v) is 4.64. The molecule has 0 saturated carbocycles. The lowest BCUT2D eigenvalue weighted by molar-refractivity contribution is 0.0600. The highest BCUT2D eigenvalue weighted by molar-refractivity contribution is 5.94. The highest BCUT2D eigenvalue weighted by Gasteiger charge is 2.23. The second kappa shape index (κ2) is 5.80. The maximum atomic E-state index is 11.7. The monoisotopic (exact) mass is 249 g/mol. The maximum Gasteiger partial charge on any atom is 0.343 e. The molecule has 1 aromatic heterocycles. The molecule has 1 fully saturated rings. The first kappa shape index (κ1) is 12.8.